The van der Waals surface area contributed by atoms with Gasteiger partial charge in [-0.05, 0) is 12.0 Å². The zero-order chi connectivity index (χ0) is 10.1. The topological polar surface area (TPSA) is 17.1 Å². The van der Waals surface area contributed by atoms with Crippen LogP contribution in [0.3, 0.4) is 0 Å². The van der Waals surface area contributed by atoms with E-state index in [0.717, 1.165) is 0 Å². The predicted octanol–water partition coefficient (Wildman–Crippen LogP) is 4.43. The molecule has 1 aliphatic carbocycles. The highest BCUT2D eigenvalue weighted by Gasteiger charge is 2.23. The Kier molecular flexibility index (Phi) is 3.15. The molecule has 1 heterocycles. The minimum atomic E-state index is 0.142. The highest BCUT2D eigenvalue weighted by atomic mass is 35.5. The third-order valence-electron chi connectivity index (χ3n) is 2.66. The van der Waals surface area contributed by atoms with Crippen molar-refractivity contribution in [3.05, 3.63) is 20.3 Å². The lowest BCUT2D eigenvalue weighted by Crippen LogP contribution is -2.15. The molecule has 0 radical (unpaired) electrons. The van der Waals surface area contributed by atoms with Gasteiger partial charge in [-0.2, -0.15) is 0 Å². The normalized spacial score (nSPS) is 16.7. The van der Waals surface area contributed by atoms with Gasteiger partial charge in [-0.15, -0.1) is 11.3 Å². The first-order valence-corrected chi connectivity index (χ1v) is 6.22. The summed E-state index contributed by atoms with van der Waals surface area (Å²) in [5.74, 6) is 0.722. The van der Waals surface area contributed by atoms with E-state index in [1.807, 2.05) is 0 Å². The second-order valence-electron chi connectivity index (χ2n) is 3.66. The Labute approximate surface area is 97.0 Å². The van der Waals surface area contributed by atoms with E-state index in [1.54, 1.807) is 6.07 Å². The maximum atomic E-state index is 11.7. The summed E-state index contributed by atoms with van der Waals surface area (Å²) in [6.45, 7) is 0. The van der Waals surface area contributed by atoms with Crippen molar-refractivity contribution in [2.24, 2.45) is 5.92 Å². The molecule has 0 unspecified atom stereocenters. The molecule has 2 rings (SSSR count). The second-order valence-corrected chi connectivity index (χ2v) is 5.95. The molecule has 0 saturated heterocycles. The average molecular weight is 249 g/mol. The van der Waals surface area contributed by atoms with Crippen molar-refractivity contribution in [3.63, 3.8) is 0 Å². The highest BCUT2D eigenvalue weighted by Crippen LogP contribution is 2.35. The van der Waals surface area contributed by atoms with Crippen LogP contribution < -0.4 is 0 Å². The first-order chi connectivity index (χ1) is 6.66. The van der Waals surface area contributed by atoms with Crippen LogP contribution in [0.4, 0.5) is 0 Å². The summed E-state index contributed by atoms with van der Waals surface area (Å²) >= 11 is 12.9. The van der Waals surface area contributed by atoms with E-state index in [2.05, 4.69) is 0 Å². The summed E-state index contributed by atoms with van der Waals surface area (Å²) < 4.78 is 1.12. The monoisotopic (exact) mass is 248 g/mol. The lowest BCUT2D eigenvalue weighted by atomic mass is 9.81. The molecule has 0 bridgehead atoms. The molecule has 0 spiro atoms. The summed E-state index contributed by atoms with van der Waals surface area (Å²) in [5, 5.41) is 0. The van der Waals surface area contributed by atoms with E-state index < -0.39 is 0 Å². The van der Waals surface area contributed by atoms with Gasteiger partial charge in [-0.3, -0.25) is 4.79 Å². The van der Waals surface area contributed by atoms with Gasteiger partial charge in [0.05, 0.1) is 4.34 Å². The molecule has 1 fully saturated rings. The zero-order valence-electron chi connectivity index (χ0n) is 7.56. The van der Waals surface area contributed by atoms with Gasteiger partial charge in [0.2, 0.25) is 0 Å². The predicted molar refractivity (Wildman–Crippen MR) is 60.6 cm³/mol. The van der Waals surface area contributed by atoms with E-state index in [1.165, 1.54) is 30.6 Å². The number of carbonyl (C=O) groups excluding carboxylic acids is 1. The van der Waals surface area contributed by atoms with Gasteiger partial charge in [0.25, 0.3) is 0 Å². The van der Waals surface area contributed by atoms with Gasteiger partial charge in [0.1, 0.15) is 4.34 Å². The molecule has 0 atom stereocenters. The van der Waals surface area contributed by atoms with Crippen LogP contribution in [0.2, 0.25) is 8.67 Å². The molecule has 0 aliphatic heterocycles. The van der Waals surface area contributed by atoms with Gasteiger partial charge in [0, 0.05) is 12.0 Å². The SMILES string of the molecule is O=C(CC1CCC1)c1cc(Cl)sc1Cl. The maximum absolute atomic E-state index is 11.7. The Morgan fingerprint density at radius 1 is 1.50 bits per heavy atom. The molecule has 0 N–H and O–H groups in total. The van der Waals surface area contributed by atoms with Crippen LogP contribution in [0.5, 0.6) is 0 Å². The maximum Gasteiger partial charge on any atom is 0.165 e. The fourth-order valence-corrected chi connectivity index (χ4v) is 3.10. The molecule has 1 aromatic heterocycles. The number of rotatable bonds is 3. The minimum Gasteiger partial charge on any atom is -0.294 e. The van der Waals surface area contributed by atoms with Gasteiger partial charge in [-0.1, -0.05) is 42.5 Å². The van der Waals surface area contributed by atoms with Crippen molar-refractivity contribution in [2.45, 2.75) is 25.7 Å². The average Bonchev–Trinajstić information content (AvgIpc) is 2.37. The number of hydrogen-bond donors (Lipinski definition) is 0. The molecule has 1 aliphatic rings. The fraction of sp³-hybridized carbons (Fsp3) is 0.500. The lowest BCUT2D eigenvalue weighted by molar-refractivity contribution is 0.0937. The first-order valence-electron chi connectivity index (χ1n) is 4.65. The van der Waals surface area contributed by atoms with Crippen LogP contribution in [0.25, 0.3) is 0 Å². The number of thiophene rings is 1. The molecular weight excluding hydrogens is 239 g/mol. The lowest BCUT2D eigenvalue weighted by Gasteiger charge is -2.24. The van der Waals surface area contributed by atoms with Crippen molar-refractivity contribution in [1.82, 2.24) is 0 Å². The number of hydrogen-bond acceptors (Lipinski definition) is 2. The first kappa shape index (κ1) is 10.5. The molecule has 0 amide bonds. The number of carbonyl (C=O) groups is 1. The molecule has 14 heavy (non-hydrogen) atoms. The molecular formula is C10H10Cl2OS. The van der Waals surface area contributed by atoms with E-state index in [9.17, 15) is 4.79 Å². The van der Waals surface area contributed by atoms with Crippen LogP contribution >= 0.6 is 34.5 Å². The third-order valence-corrected chi connectivity index (χ3v) is 4.14. The fourth-order valence-electron chi connectivity index (χ4n) is 1.60. The van der Waals surface area contributed by atoms with Crippen molar-refractivity contribution in [1.29, 1.82) is 0 Å². The van der Waals surface area contributed by atoms with Gasteiger partial charge >= 0.3 is 0 Å². The van der Waals surface area contributed by atoms with E-state index in [4.69, 9.17) is 23.2 Å². The van der Waals surface area contributed by atoms with Crippen LogP contribution in [0.1, 0.15) is 36.0 Å². The van der Waals surface area contributed by atoms with Crippen LogP contribution in [-0.4, -0.2) is 5.78 Å². The number of halogens is 2. The molecule has 76 valence electrons. The molecule has 1 nitrogen and oxygen atoms in total. The van der Waals surface area contributed by atoms with Crippen molar-refractivity contribution >= 4 is 40.3 Å². The molecule has 1 aromatic rings. The minimum absolute atomic E-state index is 0.142. The number of ketones is 1. The zero-order valence-corrected chi connectivity index (χ0v) is 9.88. The Hall–Kier alpha value is -0.0500. The van der Waals surface area contributed by atoms with E-state index in [-0.39, 0.29) is 5.78 Å². The number of Topliss-reactive ketones (excluding diaryl/α,β-unsaturated/α-hetero) is 1. The van der Waals surface area contributed by atoms with Gasteiger partial charge in [-0.25, -0.2) is 0 Å². The molecule has 1 saturated carbocycles. The van der Waals surface area contributed by atoms with E-state index >= 15 is 0 Å². The molecule has 0 aromatic carbocycles. The molecule has 4 heteroatoms. The largest absolute Gasteiger partial charge is 0.294 e. The highest BCUT2D eigenvalue weighted by molar-refractivity contribution is 7.20. The van der Waals surface area contributed by atoms with Gasteiger partial charge in [0.15, 0.2) is 5.78 Å². The smallest absolute Gasteiger partial charge is 0.165 e. The summed E-state index contributed by atoms with van der Waals surface area (Å²) in [6, 6.07) is 1.68. The third kappa shape index (κ3) is 2.13. The van der Waals surface area contributed by atoms with Gasteiger partial charge < -0.3 is 0 Å². The van der Waals surface area contributed by atoms with Crippen LogP contribution in [0.15, 0.2) is 6.07 Å². The van der Waals surface area contributed by atoms with Crippen molar-refractivity contribution in [3.8, 4) is 0 Å². The Balaban J connectivity index is 2.06. The van der Waals surface area contributed by atoms with Crippen molar-refractivity contribution < 1.29 is 4.79 Å². The van der Waals surface area contributed by atoms with Crippen LogP contribution in [-0.2, 0) is 0 Å². The summed E-state index contributed by atoms with van der Waals surface area (Å²) in [6.07, 6.45) is 4.26. The van der Waals surface area contributed by atoms with Crippen molar-refractivity contribution in [2.75, 3.05) is 0 Å². The Morgan fingerprint density at radius 2 is 2.21 bits per heavy atom. The second kappa shape index (κ2) is 4.21. The standard InChI is InChI=1S/C10H10Cl2OS/c11-9-5-7(10(12)14-9)8(13)4-6-2-1-3-6/h5-6H,1-4H2. The van der Waals surface area contributed by atoms with Crippen LogP contribution in [0, 0.1) is 5.92 Å². The Morgan fingerprint density at radius 3 is 2.64 bits per heavy atom. The quantitative estimate of drug-likeness (QED) is 0.724. The Bertz CT molecular complexity index is 355. The summed E-state index contributed by atoms with van der Waals surface area (Å²) in [7, 11) is 0. The van der Waals surface area contributed by atoms with E-state index in [0.29, 0.717) is 26.6 Å². The summed E-state index contributed by atoms with van der Waals surface area (Å²) in [4.78, 5) is 11.7. The summed E-state index contributed by atoms with van der Waals surface area (Å²) in [5.41, 5.74) is 0.605.